The molecular formula is C25H21F3N4O3. The summed E-state index contributed by atoms with van der Waals surface area (Å²) in [5, 5.41) is 5.46. The second-order valence-electron chi connectivity index (χ2n) is 7.80. The molecule has 2 amide bonds. The summed E-state index contributed by atoms with van der Waals surface area (Å²) in [6.07, 6.45) is -1.39. The van der Waals surface area contributed by atoms with Crippen molar-refractivity contribution in [1.29, 1.82) is 0 Å². The number of hydrogen-bond acceptors (Lipinski definition) is 4. The Morgan fingerprint density at radius 2 is 1.86 bits per heavy atom. The highest BCUT2D eigenvalue weighted by atomic mass is 19.4. The molecule has 0 saturated heterocycles. The highest BCUT2D eigenvalue weighted by molar-refractivity contribution is 6.04. The fourth-order valence-corrected chi connectivity index (χ4v) is 3.48. The van der Waals surface area contributed by atoms with Gasteiger partial charge < -0.3 is 15.4 Å². The second kappa shape index (κ2) is 9.49. The predicted octanol–water partition coefficient (Wildman–Crippen LogP) is 4.85. The molecule has 0 unspecified atom stereocenters. The van der Waals surface area contributed by atoms with E-state index in [1.807, 2.05) is 6.92 Å². The number of pyridine rings is 1. The van der Waals surface area contributed by atoms with Crippen LogP contribution in [0.5, 0.6) is 5.75 Å². The van der Waals surface area contributed by atoms with Crippen LogP contribution in [-0.2, 0) is 12.7 Å². The van der Waals surface area contributed by atoms with E-state index in [2.05, 4.69) is 15.6 Å². The van der Waals surface area contributed by atoms with E-state index in [-0.39, 0.29) is 18.0 Å². The van der Waals surface area contributed by atoms with E-state index >= 15 is 0 Å². The average molecular weight is 482 g/mol. The molecule has 0 atom stereocenters. The zero-order chi connectivity index (χ0) is 25.2. The van der Waals surface area contributed by atoms with Gasteiger partial charge in [-0.3, -0.25) is 14.0 Å². The molecule has 35 heavy (non-hydrogen) atoms. The van der Waals surface area contributed by atoms with Gasteiger partial charge in [0.2, 0.25) is 0 Å². The van der Waals surface area contributed by atoms with E-state index in [0.29, 0.717) is 28.3 Å². The first-order valence-electron chi connectivity index (χ1n) is 10.5. The van der Waals surface area contributed by atoms with Crippen molar-refractivity contribution in [2.45, 2.75) is 19.6 Å². The smallest absolute Gasteiger partial charge is 0.416 e. The van der Waals surface area contributed by atoms with Crippen LogP contribution < -0.4 is 15.4 Å². The largest absolute Gasteiger partial charge is 0.497 e. The number of methoxy groups -OCH3 is 1. The molecule has 2 heterocycles. The van der Waals surface area contributed by atoms with Gasteiger partial charge in [-0.05, 0) is 48.4 Å². The maximum Gasteiger partial charge on any atom is 0.416 e. The molecule has 7 nitrogen and oxygen atoms in total. The first-order chi connectivity index (χ1) is 16.7. The Kier molecular flexibility index (Phi) is 6.46. The van der Waals surface area contributed by atoms with Crippen LogP contribution in [0.25, 0.3) is 5.65 Å². The molecule has 2 aromatic heterocycles. The highest BCUT2D eigenvalue weighted by Gasteiger charge is 2.30. The molecule has 0 radical (unpaired) electrons. The SMILES string of the molecule is COc1ccn2c(C(=O)Nc3cc(CNC(=O)c4cccc(C(F)(F)F)c4)ccc3C)cnc2c1. The van der Waals surface area contributed by atoms with Gasteiger partial charge >= 0.3 is 6.18 Å². The third-order valence-corrected chi connectivity index (χ3v) is 5.41. The summed E-state index contributed by atoms with van der Waals surface area (Å²) in [5.41, 5.74) is 1.88. The van der Waals surface area contributed by atoms with Crippen molar-refractivity contribution in [2.24, 2.45) is 0 Å². The molecule has 0 fully saturated rings. The molecule has 0 aliphatic rings. The standard InChI is InChI=1S/C25H21F3N4O3/c1-15-6-7-16(13-30-23(33)17-4-3-5-18(11-17)25(26,27)28)10-20(15)31-24(34)21-14-29-22-12-19(35-2)8-9-32(21)22/h3-12,14H,13H2,1-2H3,(H,30,33)(H,31,34). The second-order valence-corrected chi connectivity index (χ2v) is 7.80. The Morgan fingerprint density at radius 3 is 2.60 bits per heavy atom. The Labute approximate surface area is 198 Å². The molecule has 0 aliphatic heterocycles. The molecule has 10 heteroatoms. The Bertz CT molecular complexity index is 1410. The van der Waals surface area contributed by atoms with Gasteiger partial charge in [0, 0.05) is 30.1 Å². The first kappa shape index (κ1) is 23.8. The third kappa shape index (κ3) is 5.26. The van der Waals surface area contributed by atoms with Gasteiger partial charge in [0.15, 0.2) is 0 Å². The van der Waals surface area contributed by atoms with Crippen LogP contribution in [0.2, 0.25) is 0 Å². The number of halogens is 3. The number of anilines is 1. The van der Waals surface area contributed by atoms with Crippen LogP contribution >= 0.6 is 0 Å². The number of amides is 2. The first-order valence-corrected chi connectivity index (χ1v) is 10.5. The number of ether oxygens (including phenoxy) is 1. The average Bonchev–Trinajstić information content (AvgIpc) is 3.27. The number of carbonyl (C=O) groups is 2. The van der Waals surface area contributed by atoms with Crippen LogP contribution in [0.3, 0.4) is 0 Å². The minimum Gasteiger partial charge on any atom is -0.497 e. The van der Waals surface area contributed by atoms with Crippen LogP contribution in [0.15, 0.2) is 67.0 Å². The van der Waals surface area contributed by atoms with Crippen LogP contribution in [0.1, 0.15) is 37.5 Å². The number of aryl methyl sites for hydroxylation is 1. The van der Waals surface area contributed by atoms with E-state index in [1.165, 1.54) is 18.3 Å². The topological polar surface area (TPSA) is 84.7 Å². The van der Waals surface area contributed by atoms with Crippen molar-refractivity contribution in [3.8, 4) is 5.75 Å². The van der Waals surface area contributed by atoms with E-state index in [4.69, 9.17) is 4.74 Å². The van der Waals surface area contributed by atoms with Crippen molar-refractivity contribution in [3.63, 3.8) is 0 Å². The maximum absolute atomic E-state index is 12.9. The monoisotopic (exact) mass is 482 g/mol. The zero-order valence-electron chi connectivity index (χ0n) is 18.8. The number of alkyl halides is 3. The normalized spacial score (nSPS) is 11.3. The fourth-order valence-electron chi connectivity index (χ4n) is 3.48. The lowest BCUT2D eigenvalue weighted by molar-refractivity contribution is -0.137. The molecule has 2 N–H and O–H groups in total. The van der Waals surface area contributed by atoms with Gasteiger partial charge in [-0.15, -0.1) is 0 Å². The molecule has 4 rings (SSSR count). The van der Waals surface area contributed by atoms with E-state index in [0.717, 1.165) is 17.7 Å². The van der Waals surface area contributed by atoms with Gasteiger partial charge in [-0.25, -0.2) is 4.98 Å². The van der Waals surface area contributed by atoms with Gasteiger partial charge in [0.05, 0.1) is 18.9 Å². The molecule has 2 aromatic carbocycles. The number of fused-ring (bicyclic) bond motifs is 1. The lowest BCUT2D eigenvalue weighted by atomic mass is 10.1. The van der Waals surface area contributed by atoms with Gasteiger partial charge in [-0.1, -0.05) is 18.2 Å². The predicted molar refractivity (Wildman–Crippen MR) is 123 cm³/mol. The number of benzene rings is 2. The number of imidazole rings is 1. The van der Waals surface area contributed by atoms with Crippen molar-refractivity contribution in [1.82, 2.24) is 14.7 Å². The third-order valence-electron chi connectivity index (χ3n) is 5.41. The highest BCUT2D eigenvalue weighted by Crippen LogP contribution is 2.29. The molecular weight excluding hydrogens is 461 g/mol. The van der Waals surface area contributed by atoms with Crippen LogP contribution in [0.4, 0.5) is 18.9 Å². The number of carbonyl (C=O) groups excluding carboxylic acids is 2. The minimum atomic E-state index is -4.53. The van der Waals surface area contributed by atoms with Crippen molar-refractivity contribution in [2.75, 3.05) is 12.4 Å². The summed E-state index contributed by atoms with van der Waals surface area (Å²) >= 11 is 0. The van der Waals surface area contributed by atoms with Gasteiger partial charge in [0.1, 0.15) is 17.1 Å². The molecule has 0 spiro atoms. The van der Waals surface area contributed by atoms with Crippen molar-refractivity contribution in [3.05, 3.63) is 94.9 Å². The van der Waals surface area contributed by atoms with Crippen molar-refractivity contribution < 1.29 is 27.5 Å². The molecule has 0 bridgehead atoms. The minimum absolute atomic E-state index is 0.0631. The Hall–Kier alpha value is -4.34. The number of nitrogens with zero attached hydrogens (tertiary/aromatic N) is 2. The van der Waals surface area contributed by atoms with Crippen molar-refractivity contribution >= 4 is 23.1 Å². The Morgan fingerprint density at radius 1 is 1.06 bits per heavy atom. The maximum atomic E-state index is 12.9. The summed E-state index contributed by atoms with van der Waals surface area (Å²) in [5.74, 6) is -0.398. The van der Waals surface area contributed by atoms with Crippen LogP contribution in [-0.4, -0.2) is 28.3 Å². The fraction of sp³-hybridized carbons (Fsp3) is 0.160. The summed E-state index contributed by atoms with van der Waals surface area (Å²) in [6.45, 7) is 1.88. The number of nitrogens with one attached hydrogen (secondary N) is 2. The number of aromatic nitrogens is 2. The summed E-state index contributed by atoms with van der Waals surface area (Å²) in [7, 11) is 1.54. The summed E-state index contributed by atoms with van der Waals surface area (Å²) in [4.78, 5) is 29.5. The van der Waals surface area contributed by atoms with E-state index in [9.17, 15) is 22.8 Å². The lowest BCUT2D eigenvalue weighted by Gasteiger charge is -2.12. The molecule has 0 saturated carbocycles. The quantitative estimate of drug-likeness (QED) is 0.412. The van der Waals surface area contributed by atoms with Gasteiger partial charge in [0.25, 0.3) is 11.8 Å². The summed E-state index contributed by atoms with van der Waals surface area (Å²) < 4.78 is 45.5. The molecule has 180 valence electrons. The van der Waals surface area contributed by atoms with Crippen LogP contribution in [0, 0.1) is 6.92 Å². The summed E-state index contributed by atoms with van der Waals surface area (Å²) in [6, 6.07) is 12.9. The van der Waals surface area contributed by atoms with E-state index in [1.54, 1.807) is 48.0 Å². The Balaban J connectivity index is 1.47. The molecule has 4 aromatic rings. The zero-order valence-corrected chi connectivity index (χ0v) is 18.8. The lowest BCUT2D eigenvalue weighted by Crippen LogP contribution is -2.23. The number of rotatable bonds is 6. The molecule has 0 aliphatic carbocycles. The van der Waals surface area contributed by atoms with E-state index < -0.39 is 17.6 Å². The number of hydrogen-bond donors (Lipinski definition) is 2. The van der Waals surface area contributed by atoms with Gasteiger partial charge in [-0.2, -0.15) is 13.2 Å².